The van der Waals surface area contributed by atoms with Crippen molar-refractivity contribution in [3.63, 3.8) is 0 Å². The summed E-state index contributed by atoms with van der Waals surface area (Å²) >= 11 is 1.21. The van der Waals surface area contributed by atoms with Gasteiger partial charge in [0.2, 0.25) is 5.91 Å². The number of halogens is 3. The van der Waals surface area contributed by atoms with Crippen molar-refractivity contribution in [3.05, 3.63) is 48.0 Å². The van der Waals surface area contributed by atoms with Crippen molar-refractivity contribution in [1.82, 2.24) is 9.97 Å². The standard InChI is InChI=1S/C20H19F3N4OS/c21-20(22,23)13-7-8-17(27-9-3-4-10-27)16(11-13)24-18(28)12-29-19-25-14-5-1-2-6-15(14)26-19/h1-2,5-8,11H,3-4,9-10,12H2,(H,24,28)(H,25,26). The number of anilines is 2. The number of carbonyl (C=O) groups excluding carboxylic acids is 1. The minimum atomic E-state index is -4.47. The molecule has 0 atom stereocenters. The normalized spacial score (nSPS) is 14.5. The number of H-pyrrole nitrogens is 1. The maximum absolute atomic E-state index is 13.1. The Bertz CT molecular complexity index is 995. The van der Waals surface area contributed by atoms with Gasteiger partial charge in [-0.25, -0.2) is 4.98 Å². The predicted octanol–water partition coefficient (Wildman–Crippen LogP) is 4.91. The molecule has 1 fully saturated rings. The third kappa shape index (κ3) is 4.50. The zero-order valence-corrected chi connectivity index (χ0v) is 16.2. The Morgan fingerprint density at radius 1 is 1.17 bits per heavy atom. The molecule has 0 bridgehead atoms. The van der Waals surface area contributed by atoms with Gasteiger partial charge in [0.1, 0.15) is 0 Å². The van der Waals surface area contributed by atoms with Crippen LogP contribution in [0, 0.1) is 0 Å². The first-order valence-electron chi connectivity index (χ1n) is 9.24. The largest absolute Gasteiger partial charge is 0.416 e. The van der Waals surface area contributed by atoms with Gasteiger partial charge >= 0.3 is 6.18 Å². The van der Waals surface area contributed by atoms with E-state index in [1.807, 2.05) is 29.2 Å². The Kier molecular flexibility index (Phi) is 5.40. The van der Waals surface area contributed by atoms with Crippen LogP contribution < -0.4 is 10.2 Å². The van der Waals surface area contributed by atoms with Crippen LogP contribution in [0.25, 0.3) is 11.0 Å². The molecular formula is C20H19F3N4OS. The molecule has 1 aliphatic rings. The quantitative estimate of drug-likeness (QED) is 0.576. The van der Waals surface area contributed by atoms with E-state index < -0.39 is 11.7 Å². The lowest BCUT2D eigenvalue weighted by molar-refractivity contribution is -0.137. The van der Waals surface area contributed by atoms with E-state index in [-0.39, 0.29) is 17.3 Å². The number of thioether (sulfide) groups is 1. The van der Waals surface area contributed by atoms with E-state index in [9.17, 15) is 18.0 Å². The van der Waals surface area contributed by atoms with Crippen LogP contribution in [0.2, 0.25) is 0 Å². The summed E-state index contributed by atoms with van der Waals surface area (Å²) in [6.07, 6.45) is -2.50. The first-order chi connectivity index (χ1) is 13.9. The van der Waals surface area contributed by atoms with Crippen LogP contribution >= 0.6 is 11.8 Å². The van der Waals surface area contributed by atoms with Gasteiger partial charge in [0, 0.05) is 13.1 Å². The number of amides is 1. The van der Waals surface area contributed by atoms with Gasteiger partial charge in [-0.1, -0.05) is 23.9 Å². The monoisotopic (exact) mass is 420 g/mol. The summed E-state index contributed by atoms with van der Waals surface area (Å²) in [6, 6.07) is 11.0. The van der Waals surface area contributed by atoms with Crippen molar-refractivity contribution in [2.45, 2.75) is 24.2 Å². The highest BCUT2D eigenvalue weighted by Crippen LogP contribution is 2.36. The average molecular weight is 420 g/mol. The summed E-state index contributed by atoms with van der Waals surface area (Å²) in [4.78, 5) is 22.0. The summed E-state index contributed by atoms with van der Waals surface area (Å²) in [7, 11) is 0. The summed E-state index contributed by atoms with van der Waals surface area (Å²) < 4.78 is 39.4. The molecule has 0 radical (unpaired) electrons. The number of hydrogen-bond donors (Lipinski definition) is 2. The second kappa shape index (κ2) is 7.98. The van der Waals surface area contributed by atoms with Crippen molar-refractivity contribution < 1.29 is 18.0 Å². The highest BCUT2D eigenvalue weighted by Gasteiger charge is 2.32. The topological polar surface area (TPSA) is 61.0 Å². The number of imidazole rings is 1. The first-order valence-corrected chi connectivity index (χ1v) is 10.2. The van der Waals surface area contributed by atoms with Crippen LogP contribution in [0.15, 0.2) is 47.6 Å². The summed E-state index contributed by atoms with van der Waals surface area (Å²) in [5, 5.41) is 3.25. The number of benzene rings is 2. The zero-order chi connectivity index (χ0) is 20.4. The number of aromatic amines is 1. The molecule has 0 saturated carbocycles. The van der Waals surface area contributed by atoms with Crippen LogP contribution in [-0.2, 0) is 11.0 Å². The number of alkyl halides is 3. The van der Waals surface area contributed by atoms with Crippen molar-refractivity contribution >= 4 is 40.1 Å². The molecule has 2 heterocycles. The fraction of sp³-hybridized carbons (Fsp3) is 0.300. The molecule has 0 aliphatic carbocycles. The molecule has 0 unspecified atom stereocenters. The van der Waals surface area contributed by atoms with Gasteiger partial charge in [-0.15, -0.1) is 0 Å². The van der Waals surface area contributed by atoms with Crippen molar-refractivity contribution in [1.29, 1.82) is 0 Å². The summed E-state index contributed by atoms with van der Waals surface area (Å²) in [5.74, 6) is -0.342. The number of para-hydroxylation sites is 2. The fourth-order valence-electron chi connectivity index (χ4n) is 3.36. The van der Waals surface area contributed by atoms with Gasteiger partial charge in [0.25, 0.3) is 0 Å². The van der Waals surface area contributed by atoms with Gasteiger partial charge in [0.05, 0.1) is 33.7 Å². The molecule has 2 N–H and O–H groups in total. The number of hydrogen-bond acceptors (Lipinski definition) is 4. The summed E-state index contributed by atoms with van der Waals surface area (Å²) in [6.45, 7) is 1.53. The minimum absolute atomic E-state index is 0.0372. The first kappa shape index (κ1) is 19.6. The number of nitrogens with one attached hydrogen (secondary N) is 2. The van der Waals surface area contributed by atoms with Crippen LogP contribution in [0.1, 0.15) is 18.4 Å². The molecule has 3 aromatic rings. The molecule has 1 saturated heterocycles. The molecule has 0 spiro atoms. The van der Waals surface area contributed by atoms with E-state index in [1.165, 1.54) is 17.8 Å². The van der Waals surface area contributed by atoms with Crippen LogP contribution in [0.3, 0.4) is 0 Å². The smallest absolute Gasteiger partial charge is 0.370 e. The third-order valence-corrected chi connectivity index (χ3v) is 5.63. The van der Waals surface area contributed by atoms with Crippen molar-refractivity contribution in [3.8, 4) is 0 Å². The van der Waals surface area contributed by atoms with Crippen LogP contribution in [-0.4, -0.2) is 34.7 Å². The molecule has 29 heavy (non-hydrogen) atoms. The molecule has 4 rings (SSSR count). The number of rotatable bonds is 5. The van der Waals surface area contributed by atoms with Gasteiger partial charge in [-0.2, -0.15) is 13.2 Å². The Hall–Kier alpha value is -2.68. The molecule has 152 valence electrons. The van der Waals surface area contributed by atoms with E-state index in [0.29, 0.717) is 10.8 Å². The SMILES string of the molecule is O=C(CSc1nc2ccccc2[nH]1)Nc1cc(C(F)(F)F)ccc1N1CCCC1. The summed E-state index contributed by atoms with van der Waals surface area (Å²) in [5.41, 5.74) is 1.70. The van der Waals surface area contributed by atoms with Gasteiger partial charge in [-0.05, 0) is 43.2 Å². The van der Waals surface area contributed by atoms with Gasteiger partial charge in [0.15, 0.2) is 5.16 Å². The number of carbonyl (C=O) groups is 1. The lowest BCUT2D eigenvalue weighted by atomic mass is 10.1. The highest BCUT2D eigenvalue weighted by atomic mass is 32.2. The van der Waals surface area contributed by atoms with Gasteiger partial charge in [-0.3, -0.25) is 4.79 Å². The maximum Gasteiger partial charge on any atom is 0.416 e. The molecule has 1 aliphatic heterocycles. The number of fused-ring (bicyclic) bond motifs is 1. The molecule has 9 heteroatoms. The Morgan fingerprint density at radius 3 is 2.66 bits per heavy atom. The zero-order valence-electron chi connectivity index (χ0n) is 15.4. The van der Waals surface area contributed by atoms with E-state index in [1.54, 1.807) is 0 Å². The van der Waals surface area contributed by atoms with Crippen molar-refractivity contribution in [2.75, 3.05) is 29.1 Å². The van der Waals surface area contributed by atoms with E-state index >= 15 is 0 Å². The van der Waals surface area contributed by atoms with E-state index in [0.717, 1.165) is 49.1 Å². The van der Waals surface area contributed by atoms with Crippen LogP contribution in [0.4, 0.5) is 24.5 Å². The van der Waals surface area contributed by atoms with Gasteiger partial charge < -0.3 is 15.2 Å². The predicted molar refractivity (Wildman–Crippen MR) is 108 cm³/mol. The molecule has 1 aromatic heterocycles. The number of nitrogens with zero attached hydrogens (tertiary/aromatic N) is 2. The minimum Gasteiger partial charge on any atom is -0.370 e. The molecule has 2 aromatic carbocycles. The van der Waals surface area contributed by atoms with E-state index in [2.05, 4.69) is 15.3 Å². The van der Waals surface area contributed by atoms with E-state index in [4.69, 9.17) is 0 Å². The Morgan fingerprint density at radius 2 is 1.93 bits per heavy atom. The fourth-order valence-corrected chi connectivity index (χ4v) is 4.05. The third-order valence-electron chi connectivity index (χ3n) is 4.75. The van der Waals surface area contributed by atoms with Crippen molar-refractivity contribution in [2.24, 2.45) is 0 Å². The second-order valence-corrected chi connectivity index (χ2v) is 7.78. The molecule has 1 amide bonds. The number of aromatic nitrogens is 2. The average Bonchev–Trinajstić information content (AvgIpc) is 3.35. The maximum atomic E-state index is 13.1. The molecular weight excluding hydrogens is 401 g/mol. The van der Waals surface area contributed by atoms with Crippen LogP contribution in [0.5, 0.6) is 0 Å². The second-order valence-electron chi connectivity index (χ2n) is 6.82. The Balaban J connectivity index is 1.49. The Labute approximate surface area is 169 Å². The molecule has 5 nitrogen and oxygen atoms in total. The lowest BCUT2D eigenvalue weighted by Crippen LogP contribution is -2.22. The lowest BCUT2D eigenvalue weighted by Gasteiger charge is -2.22. The highest BCUT2D eigenvalue weighted by molar-refractivity contribution is 7.99.